The zero-order chi connectivity index (χ0) is 20.7. The first-order valence-electron chi connectivity index (χ1n) is 9.23. The van der Waals surface area contributed by atoms with Crippen molar-refractivity contribution in [1.82, 2.24) is 15.1 Å². The monoisotopic (exact) mass is 404 g/mol. The molecule has 1 saturated heterocycles. The molecule has 0 radical (unpaired) electrons. The molecule has 2 amide bonds. The quantitative estimate of drug-likeness (QED) is 0.599. The van der Waals surface area contributed by atoms with Gasteiger partial charge in [-0.15, -0.1) is 0 Å². The molecule has 150 valence electrons. The summed E-state index contributed by atoms with van der Waals surface area (Å²) in [5.41, 5.74) is 1.24. The molecule has 2 aromatic carbocycles. The van der Waals surface area contributed by atoms with Crippen LogP contribution in [0.15, 0.2) is 69.5 Å². The number of anilines is 1. The van der Waals surface area contributed by atoms with Crippen LogP contribution in [0.3, 0.4) is 0 Å². The maximum atomic E-state index is 13.1. The molecule has 30 heavy (non-hydrogen) atoms. The molecular formula is C20H16N6O4. The van der Waals surface area contributed by atoms with E-state index in [1.165, 1.54) is 12.1 Å². The third kappa shape index (κ3) is 2.89. The van der Waals surface area contributed by atoms with E-state index in [0.29, 0.717) is 17.3 Å². The Balaban J connectivity index is 1.37. The minimum Gasteiger partial charge on any atom is -0.497 e. The predicted octanol–water partition coefficient (Wildman–Crippen LogP) is 2.24. The van der Waals surface area contributed by atoms with Crippen molar-refractivity contribution in [3.05, 3.63) is 60.5 Å². The van der Waals surface area contributed by atoms with Gasteiger partial charge in [0, 0.05) is 11.6 Å². The Bertz CT molecular complexity index is 1140. The molecule has 3 heterocycles. The fraction of sp³-hybridized carbons (Fsp3) is 0.200. The van der Waals surface area contributed by atoms with Gasteiger partial charge in [-0.3, -0.25) is 14.6 Å². The fourth-order valence-electron chi connectivity index (χ4n) is 3.52. The van der Waals surface area contributed by atoms with E-state index in [4.69, 9.17) is 9.26 Å². The van der Waals surface area contributed by atoms with E-state index in [2.05, 4.69) is 20.5 Å². The van der Waals surface area contributed by atoms with Crippen molar-refractivity contribution in [3.8, 4) is 17.1 Å². The molecule has 0 aliphatic carbocycles. The summed E-state index contributed by atoms with van der Waals surface area (Å²) >= 11 is 0. The molecule has 10 heteroatoms. The van der Waals surface area contributed by atoms with Crippen LogP contribution in [-0.2, 0) is 16.1 Å². The van der Waals surface area contributed by atoms with Crippen molar-refractivity contribution in [2.45, 2.75) is 18.6 Å². The molecule has 2 aliphatic heterocycles. The standard InChI is InChI=1S/C20H16N6O4/c1-29-14-9-5-8-13(10-14)26-19(27)16-17(20(26)28)25(24-22-16)11-15-21-18(23-30-15)12-6-3-2-4-7-12/h2-10,16-17H,11H2,1H3. The fourth-order valence-corrected chi connectivity index (χ4v) is 3.52. The third-order valence-corrected chi connectivity index (χ3v) is 4.97. The van der Waals surface area contributed by atoms with Crippen molar-refractivity contribution in [2.75, 3.05) is 12.0 Å². The van der Waals surface area contributed by atoms with Gasteiger partial charge in [0.05, 0.1) is 12.8 Å². The van der Waals surface area contributed by atoms with Crippen LogP contribution >= 0.6 is 0 Å². The smallest absolute Gasteiger partial charge is 0.263 e. The maximum Gasteiger partial charge on any atom is 0.263 e. The van der Waals surface area contributed by atoms with Gasteiger partial charge in [0.15, 0.2) is 12.1 Å². The number of benzene rings is 2. The number of imide groups is 1. The lowest BCUT2D eigenvalue weighted by Gasteiger charge is -2.19. The minimum atomic E-state index is -0.903. The average molecular weight is 404 g/mol. The van der Waals surface area contributed by atoms with Crippen molar-refractivity contribution < 1.29 is 18.8 Å². The van der Waals surface area contributed by atoms with Crippen molar-refractivity contribution >= 4 is 17.5 Å². The van der Waals surface area contributed by atoms with Crippen LogP contribution in [0, 0.1) is 0 Å². The van der Waals surface area contributed by atoms with Gasteiger partial charge in [0.2, 0.25) is 11.7 Å². The van der Waals surface area contributed by atoms with Gasteiger partial charge in [0.25, 0.3) is 11.8 Å². The van der Waals surface area contributed by atoms with E-state index in [1.54, 1.807) is 24.3 Å². The highest BCUT2D eigenvalue weighted by Crippen LogP contribution is 2.33. The number of carbonyl (C=O) groups is 2. The summed E-state index contributed by atoms with van der Waals surface area (Å²) in [6.45, 7) is 0.0650. The Hall–Kier alpha value is -4.08. The maximum absolute atomic E-state index is 13.1. The van der Waals surface area contributed by atoms with Crippen molar-refractivity contribution in [2.24, 2.45) is 10.3 Å². The second-order valence-corrected chi connectivity index (χ2v) is 6.78. The van der Waals surface area contributed by atoms with E-state index in [0.717, 1.165) is 10.5 Å². The van der Waals surface area contributed by atoms with E-state index in [9.17, 15) is 9.59 Å². The zero-order valence-corrected chi connectivity index (χ0v) is 15.9. The van der Waals surface area contributed by atoms with E-state index < -0.39 is 23.9 Å². The molecule has 10 nitrogen and oxygen atoms in total. The highest BCUT2D eigenvalue weighted by molar-refractivity contribution is 6.25. The lowest BCUT2D eigenvalue weighted by atomic mass is 10.1. The Kier molecular flexibility index (Phi) is 4.24. The molecule has 2 aliphatic rings. The molecule has 2 atom stereocenters. The predicted molar refractivity (Wildman–Crippen MR) is 103 cm³/mol. The number of nitrogens with zero attached hydrogens (tertiary/aromatic N) is 6. The third-order valence-electron chi connectivity index (χ3n) is 4.97. The van der Waals surface area contributed by atoms with E-state index in [-0.39, 0.29) is 12.4 Å². The number of aromatic nitrogens is 2. The molecule has 0 saturated carbocycles. The number of rotatable bonds is 5. The Labute approximate surface area is 170 Å². The minimum absolute atomic E-state index is 0.0650. The highest BCUT2D eigenvalue weighted by Gasteiger charge is 2.55. The molecule has 5 rings (SSSR count). The number of methoxy groups -OCH3 is 1. The van der Waals surface area contributed by atoms with Crippen LogP contribution < -0.4 is 9.64 Å². The van der Waals surface area contributed by atoms with Crippen LogP contribution in [0.5, 0.6) is 5.75 Å². The molecule has 0 N–H and O–H groups in total. The summed E-state index contributed by atoms with van der Waals surface area (Å²) in [6.07, 6.45) is 0. The normalized spacial score (nSPS) is 20.2. The molecule has 0 spiro atoms. The van der Waals surface area contributed by atoms with Gasteiger partial charge >= 0.3 is 0 Å². The number of ether oxygens (including phenoxy) is 1. The Morgan fingerprint density at radius 2 is 1.90 bits per heavy atom. The van der Waals surface area contributed by atoms with Crippen molar-refractivity contribution in [3.63, 3.8) is 0 Å². The van der Waals surface area contributed by atoms with Crippen LogP contribution in [0.25, 0.3) is 11.4 Å². The van der Waals surface area contributed by atoms with Gasteiger partial charge in [-0.05, 0) is 12.1 Å². The van der Waals surface area contributed by atoms with Gasteiger partial charge in [0.1, 0.15) is 12.3 Å². The first-order valence-corrected chi connectivity index (χ1v) is 9.23. The molecule has 1 aromatic heterocycles. The van der Waals surface area contributed by atoms with E-state index >= 15 is 0 Å². The highest BCUT2D eigenvalue weighted by atomic mass is 16.5. The first kappa shape index (κ1) is 18.0. The molecule has 0 bridgehead atoms. The number of hydrogen-bond acceptors (Lipinski definition) is 9. The molecule has 1 fully saturated rings. The lowest BCUT2D eigenvalue weighted by Crippen LogP contribution is -2.39. The average Bonchev–Trinajstić information content (AvgIpc) is 3.47. The number of amides is 2. The largest absolute Gasteiger partial charge is 0.497 e. The first-order chi connectivity index (χ1) is 14.7. The summed E-state index contributed by atoms with van der Waals surface area (Å²) in [6, 6.07) is 14.4. The topological polar surface area (TPSA) is 113 Å². The van der Waals surface area contributed by atoms with Crippen molar-refractivity contribution in [1.29, 1.82) is 0 Å². The summed E-state index contributed by atoms with van der Waals surface area (Å²) in [7, 11) is 1.52. The Morgan fingerprint density at radius 3 is 2.70 bits per heavy atom. The van der Waals surface area contributed by atoms with Gasteiger partial charge in [-0.2, -0.15) is 10.1 Å². The summed E-state index contributed by atoms with van der Waals surface area (Å²) in [4.78, 5) is 31.3. The molecule has 2 unspecified atom stereocenters. The van der Waals surface area contributed by atoms with Gasteiger partial charge < -0.3 is 9.26 Å². The summed E-state index contributed by atoms with van der Waals surface area (Å²) in [5.74, 6) is 0.410. The van der Waals surface area contributed by atoms with Crippen LogP contribution in [-0.4, -0.2) is 46.2 Å². The van der Waals surface area contributed by atoms with Gasteiger partial charge in [-0.25, -0.2) is 4.90 Å². The second kappa shape index (κ2) is 7.07. The number of carbonyl (C=O) groups excluding carboxylic acids is 2. The van der Waals surface area contributed by atoms with Crippen LogP contribution in [0.1, 0.15) is 5.89 Å². The lowest BCUT2D eigenvalue weighted by molar-refractivity contribution is -0.123. The van der Waals surface area contributed by atoms with Gasteiger partial charge in [-0.1, -0.05) is 46.8 Å². The molecule has 3 aromatic rings. The van der Waals surface area contributed by atoms with Crippen LogP contribution in [0.2, 0.25) is 0 Å². The second-order valence-electron chi connectivity index (χ2n) is 6.78. The zero-order valence-electron chi connectivity index (χ0n) is 15.9. The molecular weight excluding hydrogens is 388 g/mol. The SMILES string of the molecule is COc1cccc(N2C(=O)C3N=NN(Cc4nc(-c5ccccc5)no4)C3C2=O)c1. The van der Waals surface area contributed by atoms with Crippen LogP contribution in [0.4, 0.5) is 5.69 Å². The summed E-state index contributed by atoms with van der Waals surface area (Å²) < 4.78 is 10.5. The van der Waals surface area contributed by atoms with E-state index in [1.807, 2.05) is 30.3 Å². The Morgan fingerprint density at radius 1 is 1.07 bits per heavy atom. The number of fused-ring (bicyclic) bond motifs is 1. The summed E-state index contributed by atoms with van der Waals surface area (Å²) in [5, 5.41) is 13.4. The number of hydrogen-bond donors (Lipinski definition) is 0.